The van der Waals surface area contributed by atoms with Crippen LogP contribution in [-0.4, -0.2) is 21.6 Å². The molecule has 0 radical (unpaired) electrons. The van der Waals surface area contributed by atoms with Crippen LogP contribution in [0.2, 0.25) is 5.02 Å². The van der Waals surface area contributed by atoms with Crippen LogP contribution in [0.3, 0.4) is 0 Å². The van der Waals surface area contributed by atoms with Crippen molar-refractivity contribution < 1.29 is 4.74 Å². The molecule has 0 bridgehead atoms. The third kappa shape index (κ3) is 2.70. The maximum atomic E-state index is 6.45. The molecule has 0 amide bonds. The smallest absolute Gasteiger partial charge is 0.119 e. The van der Waals surface area contributed by atoms with Crippen LogP contribution < -0.4 is 4.74 Å². The van der Waals surface area contributed by atoms with Crippen molar-refractivity contribution in [2.75, 3.05) is 7.11 Å². The van der Waals surface area contributed by atoms with Crippen LogP contribution >= 0.6 is 11.6 Å². The van der Waals surface area contributed by atoms with Crippen LogP contribution in [0.1, 0.15) is 0 Å². The summed E-state index contributed by atoms with van der Waals surface area (Å²) in [6, 6.07) is 22.1. The normalized spacial score (nSPS) is 11.2. The fourth-order valence-electron chi connectivity index (χ4n) is 3.51. The Labute approximate surface area is 167 Å². The molecule has 0 saturated carbocycles. The second-order valence-electron chi connectivity index (χ2n) is 6.52. The fourth-order valence-corrected chi connectivity index (χ4v) is 3.73. The van der Waals surface area contributed by atoms with Gasteiger partial charge in [-0.15, -0.1) is 0 Å². The van der Waals surface area contributed by atoms with Crippen molar-refractivity contribution in [3.05, 3.63) is 84.3 Å². The van der Waals surface area contributed by atoms with E-state index in [1.54, 1.807) is 19.6 Å². The summed E-state index contributed by atoms with van der Waals surface area (Å²) in [4.78, 5) is 9.11. The molecular formula is C23H16ClN3O. The number of imidazole rings is 1. The lowest BCUT2D eigenvalue weighted by atomic mass is 10.0. The number of para-hydroxylation sites is 1. The number of ether oxygens (including phenoxy) is 1. The van der Waals surface area contributed by atoms with E-state index in [-0.39, 0.29) is 0 Å². The summed E-state index contributed by atoms with van der Waals surface area (Å²) in [6.45, 7) is 0. The number of benzene rings is 3. The Hall–Kier alpha value is -3.37. The zero-order valence-electron chi connectivity index (χ0n) is 15.1. The molecular weight excluding hydrogens is 370 g/mol. The second-order valence-corrected chi connectivity index (χ2v) is 6.93. The molecule has 0 aliphatic carbocycles. The van der Waals surface area contributed by atoms with Crippen molar-refractivity contribution >= 4 is 33.5 Å². The van der Waals surface area contributed by atoms with E-state index in [0.717, 1.165) is 44.5 Å². The highest BCUT2D eigenvalue weighted by Crippen LogP contribution is 2.32. The van der Waals surface area contributed by atoms with Gasteiger partial charge in [0.15, 0.2) is 0 Å². The van der Waals surface area contributed by atoms with E-state index in [9.17, 15) is 0 Å². The van der Waals surface area contributed by atoms with Crippen LogP contribution in [0.15, 0.2) is 79.3 Å². The number of halogens is 1. The highest BCUT2D eigenvalue weighted by atomic mass is 35.5. The van der Waals surface area contributed by atoms with E-state index < -0.39 is 0 Å². The van der Waals surface area contributed by atoms with Gasteiger partial charge in [-0.2, -0.15) is 0 Å². The van der Waals surface area contributed by atoms with E-state index in [2.05, 4.69) is 28.2 Å². The summed E-state index contributed by atoms with van der Waals surface area (Å²) >= 11 is 6.45. The fraction of sp³-hybridized carbons (Fsp3) is 0.0435. The molecule has 0 aliphatic heterocycles. The Morgan fingerprint density at radius 2 is 1.71 bits per heavy atom. The number of nitrogens with zero attached hydrogens (tertiary/aromatic N) is 3. The summed E-state index contributed by atoms with van der Waals surface area (Å²) in [7, 11) is 1.68. The van der Waals surface area contributed by atoms with Gasteiger partial charge in [-0.1, -0.05) is 41.9 Å². The molecule has 28 heavy (non-hydrogen) atoms. The van der Waals surface area contributed by atoms with E-state index >= 15 is 0 Å². The van der Waals surface area contributed by atoms with Crippen molar-refractivity contribution in [3.8, 4) is 22.6 Å². The number of hydrogen-bond donors (Lipinski definition) is 0. The maximum Gasteiger partial charge on any atom is 0.119 e. The summed E-state index contributed by atoms with van der Waals surface area (Å²) in [6.07, 6.45) is 3.60. The Kier molecular flexibility index (Phi) is 3.99. The Morgan fingerprint density at radius 1 is 0.857 bits per heavy atom. The molecule has 0 unspecified atom stereocenters. The van der Waals surface area contributed by atoms with Gasteiger partial charge in [0, 0.05) is 5.39 Å². The first-order valence-electron chi connectivity index (χ1n) is 8.90. The molecule has 0 saturated heterocycles. The van der Waals surface area contributed by atoms with E-state index in [1.807, 2.05) is 53.1 Å². The summed E-state index contributed by atoms with van der Waals surface area (Å²) in [5.41, 5.74) is 5.80. The Balaban J connectivity index is 1.79. The van der Waals surface area contributed by atoms with Crippen LogP contribution in [0, 0.1) is 0 Å². The number of aromatic nitrogens is 3. The average Bonchev–Trinajstić information content (AvgIpc) is 3.18. The number of pyridine rings is 1. The van der Waals surface area contributed by atoms with Gasteiger partial charge in [-0.05, 0) is 47.5 Å². The van der Waals surface area contributed by atoms with E-state index in [4.69, 9.17) is 16.3 Å². The third-order valence-electron chi connectivity index (χ3n) is 4.89. The average molecular weight is 386 g/mol. The molecule has 4 nitrogen and oxygen atoms in total. The standard InChI is InChI=1S/C23H16ClN3O/c1-28-17-6-4-5-15(11-17)16-9-10-20-18(12-16)23-21(13-25-20)26-14-27(23)22-8-3-2-7-19(22)24/h2-14H,1H3. The molecule has 0 fully saturated rings. The van der Waals surface area contributed by atoms with Crippen LogP contribution in [0.5, 0.6) is 5.75 Å². The number of hydrogen-bond acceptors (Lipinski definition) is 3. The third-order valence-corrected chi connectivity index (χ3v) is 5.21. The van der Waals surface area contributed by atoms with Crippen molar-refractivity contribution in [1.29, 1.82) is 0 Å². The molecule has 5 aromatic rings. The highest BCUT2D eigenvalue weighted by molar-refractivity contribution is 6.32. The van der Waals surface area contributed by atoms with Gasteiger partial charge in [-0.3, -0.25) is 9.55 Å². The largest absolute Gasteiger partial charge is 0.497 e. The molecule has 2 aromatic heterocycles. The predicted molar refractivity (Wildman–Crippen MR) is 113 cm³/mol. The Bertz CT molecular complexity index is 1330. The number of fused-ring (bicyclic) bond motifs is 3. The first-order valence-corrected chi connectivity index (χ1v) is 9.27. The Morgan fingerprint density at radius 3 is 2.57 bits per heavy atom. The summed E-state index contributed by atoms with van der Waals surface area (Å²) in [5.74, 6) is 0.829. The first kappa shape index (κ1) is 16.8. The number of rotatable bonds is 3. The van der Waals surface area contributed by atoms with Crippen molar-refractivity contribution in [3.63, 3.8) is 0 Å². The minimum Gasteiger partial charge on any atom is -0.497 e. The van der Waals surface area contributed by atoms with Gasteiger partial charge in [0.1, 0.15) is 17.6 Å². The van der Waals surface area contributed by atoms with Gasteiger partial charge in [-0.25, -0.2) is 4.98 Å². The summed E-state index contributed by atoms with van der Waals surface area (Å²) < 4.78 is 7.40. The lowest BCUT2D eigenvalue weighted by Gasteiger charge is -2.10. The predicted octanol–water partition coefficient (Wildman–Crippen LogP) is 5.90. The van der Waals surface area contributed by atoms with E-state index in [1.165, 1.54) is 0 Å². The molecule has 136 valence electrons. The molecule has 2 heterocycles. The zero-order valence-corrected chi connectivity index (χ0v) is 15.9. The zero-order chi connectivity index (χ0) is 19.1. The van der Waals surface area contributed by atoms with E-state index in [0.29, 0.717) is 5.02 Å². The molecule has 5 rings (SSSR count). The van der Waals surface area contributed by atoms with Crippen molar-refractivity contribution in [2.24, 2.45) is 0 Å². The maximum absolute atomic E-state index is 6.45. The highest BCUT2D eigenvalue weighted by Gasteiger charge is 2.13. The van der Waals surface area contributed by atoms with Crippen LogP contribution in [0.4, 0.5) is 0 Å². The lowest BCUT2D eigenvalue weighted by molar-refractivity contribution is 0.415. The van der Waals surface area contributed by atoms with Crippen LogP contribution in [0.25, 0.3) is 38.8 Å². The molecule has 0 atom stereocenters. The van der Waals surface area contributed by atoms with Crippen molar-refractivity contribution in [1.82, 2.24) is 14.5 Å². The first-order chi connectivity index (χ1) is 13.7. The van der Waals surface area contributed by atoms with Gasteiger partial charge in [0.05, 0.1) is 35.1 Å². The molecule has 3 aromatic carbocycles. The molecule has 5 heteroatoms. The number of methoxy groups -OCH3 is 1. The SMILES string of the molecule is COc1cccc(-c2ccc3ncc4ncn(-c5ccccc5Cl)c4c3c2)c1. The monoisotopic (exact) mass is 385 g/mol. The lowest BCUT2D eigenvalue weighted by Crippen LogP contribution is -1.94. The molecule has 0 N–H and O–H groups in total. The van der Waals surface area contributed by atoms with Gasteiger partial charge in [0.2, 0.25) is 0 Å². The van der Waals surface area contributed by atoms with Gasteiger partial charge < -0.3 is 4.74 Å². The second kappa shape index (κ2) is 6.66. The van der Waals surface area contributed by atoms with Crippen LogP contribution in [-0.2, 0) is 0 Å². The molecule has 0 aliphatic rings. The van der Waals surface area contributed by atoms with Gasteiger partial charge in [0.25, 0.3) is 0 Å². The quantitative estimate of drug-likeness (QED) is 0.388. The minimum absolute atomic E-state index is 0.677. The van der Waals surface area contributed by atoms with Crippen molar-refractivity contribution in [2.45, 2.75) is 0 Å². The topological polar surface area (TPSA) is 39.9 Å². The minimum atomic E-state index is 0.677. The molecule has 0 spiro atoms. The van der Waals surface area contributed by atoms with Gasteiger partial charge >= 0.3 is 0 Å². The summed E-state index contributed by atoms with van der Waals surface area (Å²) in [5, 5.41) is 1.70.